The van der Waals surface area contributed by atoms with Crippen LogP contribution in [0.1, 0.15) is 5.69 Å². The molecule has 0 aliphatic heterocycles. The van der Waals surface area contributed by atoms with Gasteiger partial charge >= 0.3 is 0 Å². The molecule has 0 amide bonds. The fraction of sp³-hybridized carbons (Fsp3) is 0.545. The maximum absolute atomic E-state index is 8.96. The number of ether oxygens (including phenoxy) is 1. The lowest BCUT2D eigenvalue weighted by Crippen LogP contribution is -2.30. The van der Waals surface area contributed by atoms with Crippen LogP contribution in [0.5, 0.6) is 0 Å². The first-order chi connectivity index (χ1) is 7.27. The van der Waals surface area contributed by atoms with Gasteiger partial charge in [0.25, 0.3) is 0 Å². The SMILES string of the molecule is COCCN(CCO)c1cccc(C)n1. The monoisotopic (exact) mass is 210 g/mol. The van der Waals surface area contributed by atoms with E-state index in [4.69, 9.17) is 9.84 Å². The van der Waals surface area contributed by atoms with Crippen molar-refractivity contribution in [3.63, 3.8) is 0 Å². The Morgan fingerprint density at radius 2 is 2.20 bits per heavy atom. The molecule has 1 rings (SSSR count). The number of anilines is 1. The zero-order valence-corrected chi connectivity index (χ0v) is 9.31. The van der Waals surface area contributed by atoms with Crippen molar-refractivity contribution in [2.45, 2.75) is 6.92 Å². The highest BCUT2D eigenvalue weighted by atomic mass is 16.5. The normalized spacial score (nSPS) is 10.3. The molecule has 4 nitrogen and oxygen atoms in total. The standard InChI is InChI=1S/C11H18N2O2/c1-10-4-3-5-11(12-10)13(6-8-14)7-9-15-2/h3-5,14H,6-9H2,1-2H3. The maximum Gasteiger partial charge on any atom is 0.128 e. The quantitative estimate of drug-likeness (QED) is 0.755. The predicted octanol–water partition coefficient (Wildman–Crippen LogP) is 0.835. The molecule has 1 heterocycles. The average molecular weight is 210 g/mol. The summed E-state index contributed by atoms with van der Waals surface area (Å²) in [5.74, 6) is 0.890. The van der Waals surface area contributed by atoms with Crippen molar-refractivity contribution in [1.29, 1.82) is 0 Å². The van der Waals surface area contributed by atoms with Crippen LogP contribution in [0.25, 0.3) is 0 Å². The third kappa shape index (κ3) is 3.85. The number of pyridine rings is 1. The number of nitrogens with zero attached hydrogens (tertiary/aromatic N) is 2. The molecule has 84 valence electrons. The molecule has 1 aromatic rings. The Balaban J connectivity index is 2.69. The molecule has 0 saturated carbocycles. The Bertz CT molecular complexity index is 292. The van der Waals surface area contributed by atoms with Gasteiger partial charge in [-0.15, -0.1) is 0 Å². The molecule has 4 heteroatoms. The van der Waals surface area contributed by atoms with E-state index >= 15 is 0 Å². The molecule has 0 spiro atoms. The van der Waals surface area contributed by atoms with E-state index in [0.717, 1.165) is 18.1 Å². The number of aromatic nitrogens is 1. The van der Waals surface area contributed by atoms with Gasteiger partial charge in [0.05, 0.1) is 13.2 Å². The minimum absolute atomic E-state index is 0.124. The highest BCUT2D eigenvalue weighted by Gasteiger charge is 2.06. The zero-order chi connectivity index (χ0) is 11.1. The zero-order valence-electron chi connectivity index (χ0n) is 9.31. The van der Waals surface area contributed by atoms with Gasteiger partial charge in [-0.25, -0.2) is 4.98 Å². The van der Waals surface area contributed by atoms with Crippen molar-refractivity contribution >= 4 is 5.82 Å². The van der Waals surface area contributed by atoms with Crippen LogP contribution in [0.2, 0.25) is 0 Å². The van der Waals surface area contributed by atoms with Gasteiger partial charge in [-0.1, -0.05) is 6.07 Å². The fourth-order valence-corrected chi connectivity index (χ4v) is 1.37. The van der Waals surface area contributed by atoms with Crippen LogP contribution in [0.15, 0.2) is 18.2 Å². The van der Waals surface area contributed by atoms with Crippen molar-refractivity contribution in [2.24, 2.45) is 0 Å². The van der Waals surface area contributed by atoms with Crippen molar-refractivity contribution < 1.29 is 9.84 Å². The largest absolute Gasteiger partial charge is 0.395 e. The van der Waals surface area contributed by atoms with Crippen LogP contribution in [-0.4, -0.2) is 43.5 Å². The first kappa shape index (κ1) is 11.9. The molecule has 15 heavy (non-hydrogen) atoms. The molecule has 0 fully saturated rings. The summed E-state index contributed by atoms with van der Waals surface area (Å²) in [6.07, 6.45) is 0. The Morgan fingerprint density at radius 1 is 1.40 bits per heavy atom. The minimum atomic E-state index is 0.124. The maximum atomic E-state index is 8.96. The van der Waals surface area contributed by atoms with Crippen LogP contribution in [0, 0.1) is 6.92 Å². The van der Waals surface area contributed by atoms with Gasteiger partial charge in [0.2, 0.25) is 0 Å². The summed E-state index contributed by atoms with van der Waals surface area (Å²) in [4.78, 5) is 6.41. The first-order valence-electron chi connectivity index (χ1n) is 5.06. The van der Waals surface area contributed by atoms with Gasteiger partial charge in [0.1, 0.15) is 5.82 Å². The number of aliphatic hydroxyl groups is 1. The van der Waals surface area contributed by atoms with E-state index in [1.54, 1.807) is 7.11 Å². The van der Waals surface area contributed by atoms with Crippen molar-refractivity contribution in [3.8, 4) is 0 Å². The number of rotatable bonds is 6. The summed E-state index contributed by atoms with van der Waals surface area (Å²) in [6, 6.07) is 5.87. The Labute approximate surface area is 90.5 Å². The lowest BCUT2D eigenvalue weighted by molar-refractivity contribution is 0.202. The van der Waals surface area contributed by atoms with E-state index < -0.39 is 0 Å². The third-order valence-corrected chi connectivity index (χ3v) is 2.13. The van der Waals surface area contributed by atoms with Crippen molar-refractivity contribution in [1.82, 2.24) is 4.98 Å². The molecule has 0 bridgehead atoms. The van der Waals surface area contributed by atoms with Crippen LogP contribution in [0.3, 0.4) is 0 Å². The molecule has 0 aliphatic rings. The Morgan fingerprint density at radius 3 is 2.80 bits per heavy atom. The van der Waals surface area contributed by atoms with Gasteiger partial charge in [0.15, 0.2) is 0 Å². The second-order valence-electron chi connectivity index (χ2n) is 3.34. The smallest absolute Gasteiger partial charge is 0.128 e. The molecule has 0 aliphatic carbocycles. The van der Waals surface area contributed by atoms with Gasteiger partial charge in [-0.2, -0.15) is 0 Å². The van der Waals surface area contributed by atoms with E-state index in [0.29, 0.717) is 13.2 Å². The van der Waals surface area contributed by atoms with E-state index in [2.05, 4.69) is 4.98 Å². The van der Waals surface area contributed by atoms with Gasteiger partial charge in [-0.3, -0.25) is 0 Å². The van der Waals surface area contributed by atoms with E-state index in [1.807, 2.05) is 30.0 Å². The number of hydrogen-bond donors (Lipinski definition) is 1. The molecule has 0 atom stereocenters. The summed E-state index contributed by atoms with van der Waals surface area (Å²) >= 11 is 0. The van der Waals surface area contributed by atoms with Crippen LogP contribution < -0.4 is 4.90 Å². The number of aliphatic hydroxyl groups excluding tert-OH is 1. The lowest BCUT2D eigenvalue weighted by atomic mass is 10.3. The topological polar surface area (TPSA) is 45.6 Å². The summed E-state index contributed by atoms with van der Waals surface area (Å²) in [6.45, 7) is 4.04. The van der Waals surface area contributed by atoms with E-state index in [1.165, 1.54) is 0 Å². The molecule has 0 aromatic carbocycles. The molecular weight excluding hydrogens is 192 g/mol. The van der Waals surface area contributed by atoms with Crippen LogP contribution >= 0.6 is 0 Å². The summed E-state index contributed by atoms with van der Waals surface area (Å²) < 4.78 is 5.02. The average Bonchev–Trinajstić information content (AvgIpc) is 2.24. The van der Waals surface area contributed by atoms with Crippen molar-refractivity contribution in [3.05, 3.63) is 23.9 Å². The Hall–Kier alpha value is -1.13. The van der Waals surface area contributed by atoms with E-state index in [-0.39, 0.29) is 6.61 Å². The van der Waals surface area contributed by atoms with Gasteiger partial charge in [0, 0.05) is 25.9 Å². The summed E-state index contributed by atoms with van der Waals surface area (Å²) in [5.41, 5.74) is 0.979. The first-order valence-corrected chi connectivity index (χ1v) is 5.06. The van der Waals surface area contributed by atoms with E-state index in [9.17, 15) is 0 Å². The summed E-state index contributed by atoms with van der Waals surface area (Å²) in [5, 5.41) is 8.96. The molecule has 1 aromatic heterocycles. The minimum Gasteiger partial charge on any atom is -0.395 e. The third-order valence-electron chi connectivity index (χ3n) is 2.13. The number of hydrogen-bond acceptors (Lipinski definition) is 4. The Kier molecular flexibility index (Phi) is 5.07. The molecule has 0 unspecified atom stereocenters. The summed E-state index contributed by atoms with van der Waals surface area (Å²) in [7, 11) is 1.67. The van der Waals surface area contributed by atoms with Crippen LogP contribution in [-0.2, 0) is 4.74 Å². The van der Waals surface area contributed by atoms with Gasteiger partial charge < -0.3 is 14.7 Å². The second kappa shape index (κ2) is 6.37. The second-order valence-corrected chi connectivity index (χ2v) is 3.34. The molecular formula is C11H18N2O2. The number of aryl methyl sites for hydroxylation is 1. The highest BCUT2D eigenvalue weighted by molar-refractivity contribution is 5.38. The fourth-order valence-electron chi connectivity index (χ4n) is 1.37. The highest BCUT2D eigenvalue weighted by Crippen LogP contribution is 2.10. The molecule has 1 N–H and O–H groups in total. The lowest BCUT2D eigenvalue weighted by Gasteiger charge is -2.22. The molecule has 0 saturated heterocycles. The van der Waals surface area contributed by atoms with Gasteiger partial charge in [-0.05, 0) is 19.1 Å². The molecule has 0 radical (unpaired) electrons. The van der Waals surface area contributed by atoms with Crippen molar-refractivity contribution in [2.75, 3.05) is 38.3 Å². The van der Waals surface area contributed by atoms with Crippen LogP contribution in [0.4, 0.5) is 5.82 Å². The number of methoxy groups -OCH3 is 1. The predicted molar refractivity (Wildman–Crippen MR) is 60.1 cm³/mol.